The summed E-state index contributed by atoms with van der Waals surface area (Å²) in [5.74, 6) is 0.108. The number of carbonyl (C=O) groups is 1. The van der Waals surface area contributed by atoms with E-state index in [1.165, 1.54) is 23.9 Å². The molecule has 1 aliphatic heterocycles. The Labute approximate surface area is 203 Å². The number of benzene rings is 3. The number of aliphatic imine (C=N–C) groups is 1. The molecule has 0 saturated heterocycles. The Morgan fingerprint density at radius 2 is 1.79 bits per heavy atom. The van der Waals surface area contributed by atoms with E-state index >= 15 is 0 Å². The van der Waals surface area contributed by atoms with Crippen LogP contribution in [-0.2, 0) is 10.5 Å². The van der Waals surface area contributed by atoms with E-state index in [1.807, 2.05) is 86.6 Å². The highest BCUT2D eigenvalue weighted by Gasteiger charge is 2.29. The van der Waals surface area contributed by atoms with Gasteiger partial charge in [0.25, 0.3) is 5.91 Å². The normalized spacial score (nSPS) is 15.4. The highest BCUT2D eigenvalue weighted by Crippen LogP contribution is 2.34. The van der Waals surface area contributed by atoms with Crippen LogP contribution < -0.4 is 15.5 Å². The Bertz CT molecular complexity index is 1220. The van der Waals surface area contributed by atoms with Crippen molar-refractivity contribution in [2.75, 3.05) is 24.3 Å². The van der Waals surface area contributed by atoms with Crippen LogP contribution in [0.2, 0.25) is 0 Å². The van der Waals surface area contributed by atoms with E-state index in [0.717, 1.165) is 28.2 Å². The Morgan fingerprint density at radius 1 is 1.06 bits per heavy atom. The van der Waals surface area contributed by atoms with Crippen molar-refractivity contribution in [1.29, 1.82) is 0 Å². The number of hydrogen-bond donors (Lipinski definition) is 2. The minimum Gasteiger partial charge on any atom is -0.378 e. The van der Waals surface area contributed by atoms with Crippen molar-refractivity contribution in [3.63, 3.8) is 0 Å². The fourth-order valence-corrected chi connectivity index (χ4v) is 4.60. The summed E-state index contributed by atoms with van der Waals surface area (Å²) in [6.07, 6.45) is 0. The van der Waals surface area contributed by atoms with Crippen molar-refractivity contribution in [1.82, 2.24) is 5.32 Å². The number of carbonyl (C=O) groups excluding carboxylic acids is 1. The van der Waals surface area contributed by atoms with Crippen LogP contribution in [0.4, 0.5) is 15.8 Å². The zero-order valence-corrected chi connectivity index (χ0v) is 20.2. The summed E-state index contributed by atoms with van der Waals surface area (Å²) < 4.78 is 13.6. The number of rotatable bonds is 6. The van der Waals surface area contributed by atoms with Gasteiger partial charge in [-0.1, -0.05) is 54.2 Å². The van der Waals surface area contributed by atoms with Gasteiger partial charge in [-0.05, 0) is 54.4 Å². The molecular formula is C27H27FN4OS. The van der Waals surface area contributed by atoms with E-state index in [0.29, 0.717) is 16.5 Å². The second kappa shape index (κ2) is 10.6. The van der Waals surface area contributed by atoms with Crippen molar-refractivity contribution in [3.05, 3.63) is 107 Å². The van der Waals surface area contributed by atoms with Gasteiger partial charge in [-0.25, -0.2) is 9.38 Å². The lowest BCUT2D eigenvalue weighted by molar-refractivity contribution is -0.113. The van der Waals surface area contributed by atoms with E-state index in [9.17, 15) is 9.18 Å². The smallest absolute Gasteiger partial charge is 0.255 e. The van der Waals surface area contributed by atoms with Crippen LogP contribution in [0.15, 0.2) is 95.1 Å². The molecule has 0 spiro atoms. The molecule has 0 radical (unpaired) electrons. The molecule has 4 rings (SSSR count). The number of para-hydroxylation sites is 1. The molecule has 1 heterocycles. The van der Waals surface area contributed by atoms with Gasteiger partial charge in [-0.3, -0.25) is 4.79 Å². The Kier molecular flexibility index (Phi) is 7.33. The number of amides is 1. The third-order valence-corrected chi connectivity index (χ3v) is 6.44. The summed E-state index contributed by atoms with van der Waals surface area (Å²) in [7, 11) is 3.98. The van der Waals surface area contributed by atoms with Gasteiger partial charge < -0.3 is 15.5 Å². The highest BCUT2D eigenvalue weighted by molar-refractivity contribution is 8.13. The van der Waals surface area contributed by atoms with Crippen LogP contribution in [0.25, 0.3) is 0 Å². The van der Waals surface area contributed by atoms with Crippen LogP contribution in [0.3, 0.4) is 0 Å². The third kappa shape index (κ3) is 5.66. The standard InChI is InChI=1S/C27H27FN4OS/c1-18-24(26(33)30-22-10-5-4-6-11-22)25(20-12-14-23(15-13-20)32(2)3)31-27(29-18)34-17-19-8-7-9-21(28)16-19/h4-16,25H,17H2,1-3H3,(H,29,31)(H,30,33)/t25-/m1/s1. The second-order valence-electron chi connectivity index (χ2n) is 8.23. The second-order valence-corrected chi connectivity index (χ2v) is 9.19. The Balaban J connectivity index is 1.62. The molecule has 3 aromatic carbocycles. The van der Waals surface area contributed by atoms with E-state index in [1.54, 1.807) is 6.07 Å². The number of allylic oxidation sites excluding steroid dienone is 1. The number of nitrogens with zero attached hydrogens (tertiary/aromatic N) is 2. The van der Waals surface area contributed by atoms with Gasteiger partial charge in [0.05, 0.1) is 5.57 Å². The summed E-state index contributed by atoms with van der Waals surface area (Å²) in [5.41, 5.74) is 4.90. The first-order chi connectivity index (χ1) is 16.4. The lowest BCUT2D eigenvalue weighted by Crippen LogP contribution is -2.32. The third-order valence-electron chi connectivity index (χ3n) is 5.48. The predicted molar refractivity (Wildman–Crippen MR) is 140 cm³/mol. The summed E-state index contributed by atoms with van der Waals surface area (Å²) in [4.78, 5) is 20.3. The van der Waals surface area contributed by atoms with Crippen LogP contribution in [0.1, 0.15) is 24.1 Å². The maximum Gasteiger partial charge on any atom is 0.255 e. The minimum absolute atomic E-state index is 0.198. The lowest BCUT2D eigenvalue weighted by Gasteiger charge is -2.27. The molecule has 0 aromatic heterocycles. The van der Waals surface area contributed by atoms with Crippen molar-refractivity contribution in [2.45, 2.75) is 18.7 Å². The quantitative estimate of drug-likeness (QED) is 0.479. The van der Waals surface area contributed by atoms with Crippen LogP contribution in [-0.4, -0.2) is 25.2 Å². The largest absolute Gasteiger partial charge is 0.378 e. The Hall–Kier alpha value is -3.58. The fourth-order valence-electron chi connectivity index (χ4n) is 3.71. The van der Waals surface area contributed by atoms with Crippen molar-refractivity contribution >= 4 is 34.2 Å². The summed E-state index contributed by atoms with van der Waals surface area (Å²) >= 11 is 1.49. The molecule has 7 heteroatoms. The van der Waals surface area contributed by atoms with Gasteiger partial charge in [0, 0.05) is 36.9 Å². The van der Waals surface area contributed by atoms with Crippen LogP contribution in [0, 0.1) is 5.82 Å². The molecule has 2 N–H and O–H groups in total. The molecule has 1 aliphatic rings. The zero-order valence-electron chi connectivity index (χ0n) is 19.4. The van der Waals surface area contributed by atoms with Gasteiger partial charge in [0.15, 0.2) is 5.17 Å². The monoisotopic (exact) mass is 474 g/mol. The number of hydrogen-bond acceptors (Lipinski definition) is 5. The minimum atomic E-state index is -0.462. The molecule has 0 saturated carbocycles. The molecule has 0 fully saturated rings. The SMILES string of the molecule is CC1=C(C(=O)Nc2ccccc2)[C@@H](c2ccc(N(C)C)cc2)N=C(SCc2cccc(F)c2)N1. The number of amidine groups is 1. The molecule has 3 aromatic rings. The van der Waals surface area contributed by atoms with Crippen molar-refractivity contribution < 1.29 is 9.18 Å². The molecule has 0 bridgehead atoms. The summed E-state index contributed by atoms with van der Waals surface area (Å²) in [6, 6.07) is 23.5. The number of anilines is 2. The molecule has 174 valence electrons. The van der Waals surface area contributed by atoms with E-state index < -0.39 is 6.04 Å². The number of nitrogens with one attached hydrogen (secondary N) is 2. The summed E-state index contributed by atoms with van der Waals surface area (Å²) in [6.45, 7) is 1.89. The first-order valence-electron chi connectivity index (χ1n) is 11.0. The molecular weight excluding hydrogens is 447 g/mol. The molecule has 0 unspecified atom stereocenters. The van der Waals surface area contributed by atoms with Crippen molar-refractivity contribution in [3.8, 4) is 0 Å². The topological polar surface area (TPSA) is 56.7 Å². The lowest BCUT2D eigenvalue weighted by atomic mass is 9.95. The van der Waals surface area contributed by atoms with Crippen LogP contribution >= 0.6 is 11.8 Å². The molecule has 0 aliphatic carbocycles. The average Bonchev–Trinajstić information content (AvgIpc) is 2.83. The van der Waals surface area contributed by atoms with E-state index in [-0.39, 0.29) is 11.7 Å². The number of thioether (sulfide) groups is 1. The van der Waals surface area contributed by atoms with E-state index in [4.69, 9.17) is 4.99 Å². The molecule has 34 heavy (non-hydrogen) atoms. The van der Waals surface area contributed by atoms with Gasteiger partial charge in [0.1, 0.15) is 11.9 Å². The van der Waals surface area contributed by atoms with Gasteiger partial charge in [-0.15, -0.1) is 0 Å². The highest BCUT2D eigenvalue weighted by atomic mass is 32.2. The summed E-state index contributed by atoms with van der Waals surface area (Å²) in [5, 5.41) is 6.96. The number of halogens is 1. The zero-order chi connectivity index (χ0) is 24.1. The van der Waals surface area contributed by atoms with E-state index in [2.05, 4.69) is 10.6 Å². The maximum atomic E-state index is 13.6. The first kappa shape index (κ1) is 23.6. The maximum absolute atomic E-state index is 13.6. The fraction of sp³-hybridized carbons (Fsp3) is 0.185. The molecule has 1 atom stereocenters. The van der Waals surface area contributed by atoms with Gasteiger partial charge in [-0.2, -0.15) is 0 Å². The molecule has 5 nitrogen and oxygen atoms in total. The predicted octanol–water partition coefficient (Wildman–Crippen LogP) is 5.74. The first-order valence-corrected chi connectivity index (χ1v) is 12.0. The van der Waals surface area contributed by atoms with Gasteiger partial charge >= 0.3 is 0 Å². The van der Waals surface area contributed by atoms with Crippen LogP contribution in [0.5, 0.6) is 0 Å². The average molecular weight is 475 g/mol. The van der Waals surface area contributed by atoms with Gasteiger partial charge in [0.2, 0.25) is 0 Å². The van der Waals surface area contributed by atoms with Crippen molar-refractivity contribution in [2.24, 2.45) is 4.99 Å². The Morgan fingerprint density at radius 3 is 2.47 bits per heavy atom. The molecule has 1 amide bonds.